The van der Waals surface area contributed by atoms with Crippen molar-refractivity contribution in [3.05, 3.63) is 65.2 Å². The molecule has 1 amide bonds. The molecular formula is C20H25NO3S. The van der Waals surface area contributed by atoms with Crippen molar-refractivity contribution in [1.29, 1.82) is 0 Å². The molecule has 25 heavy (non-hydrogen) atoms. The van der Waals surface area contributed by atoms with Gasteiger partial charge in [-0.1, -0.05) is 51.1 Å². The molecule has 0 radical (unpaired) electrons. The van der Waals surface area contributed by atoms with Gasteiger partial charge in [0.05, 0.1) is 4.90 Å². The number of sulfone groups is 1. The molecule has 0 unspecified atom stereocenters. The van der Waals surface area contributed by atoms with Crippen molar-refractivity contribution in [2.75, 3.05) is 13.3 Å². The minimum atomic E-state index is -3.33. The van der Waals surface area contributed by atoms with Crippen molar-refractivity contribution in [2.45, 2.75) is 37.6 Å². The van der Waals surface area contributed by atoms with E-state index in [2.05, 4.69) is 32.9 Å². The molecule has 0 atom stereocenters. The summed E-state index contributed by atoms with van der Waals surface area (Å²) < 4.78 is 23.3. The second kappa shape index (κ2) is 7.00. The Morgan fingerprint density at radius 2 is 1.64 bits per heavy atom. The van der Waals surface area contributed by atoms with Crippen LogP contribution in [0.25, 0.3) is 0 Å². The average Bonchev–Trinajstić information content (AvgIpc) is 2.53. The average molecular weight is 359 g/mol. The van der Waals surface area contributed by atoms with Gasteiger partial charge in [0.25, 0.3) is 5.91 Å². The highest BCUT2D eigenvalue weighted by Gasteiger charge is 2.16. The molecule has 0 aliphatic carbocycles. The van der Waals surface area contributed by atoms with Gasteiger partial charge in [-0.15, -0.1) is 0 Å². The van der Waals surface area contributed by atoms with E-state index in [9.17, 15) is 13.2 Å². The first-order chi connectivity index (χ1) is 11.5. The highest BCUT2D eigenvalue weighted by atomic mass is 32.2. The molecule has 134 valence electrons. The van der Waals surface area contributed by atoms with E-state index in [1.54, 1.807) is 24.1 Å². The van der Waals surface area contributed by atoms with Gasteiger partial charge in [0.1, 0.15) is 0 Å². The number of amides is 1. The van der Waals surface area contributed by atoms with Gasteiger partial charge in [-0.05, 0) is 34.7 Å². The highest BCUT2D eigenvalue weighted by molar-refractivity contribution is 7.90. The third-order valence-corrected chi connectivity index (χ3v) is 5.21. The van der Waals surface area contributed by atoms with Gasteiger partial charge in [0.2, 0.25) is 0 Å². The number of rotatable bonds is 4. The van der Waals surface area contributed by atoms with Crippen LogP contribution in [0, 0.1) is 0 Å². The Hall–Kier alpha value is -2.14. The van der Waals surface area contributed by atoms with Crippen LogP contribution in [-0.4, -0.2) is 32.5 Å². The number of carbonyl (C=O) groups excluding carboxylic acids is 1. The molecule has 0 aliphatic rings. The van der Waals surface area contributed by atoms with E-state index < -0.39 is 9.84 Å². The van der Waals surface area contributed by atoms with E-state index in [0.29, 0.717) is 12.1 Å². The van der Waals surface area contributed by atoms with E-state index in [-0.39, 0.29) is 16.2 Å². The molecule has 4 nitrogen and oxygen atoms in total. The van der Waals surface area contributed by atoms with Crippen LogP contribution in [0.2, 0.25) is 0 Å². The number of carbonyl (C=O) groups is 1. The van der Waals surface area contributed by atoms with Gasteiger partial charge >= 0.3 is 0 Å². The van der Waals surface area contributed by atoms with Crippen LogP contribution in [0.1, 0.15) is 42.3 Å². The van der Waals surface area contributed by atoms with Gasteiger partial charge in [-0.3, -0.25) is 4.79 Å². The first kappa shape index (κ1) is 19.2. The summed E-state index contributed by atoms with van der Waals surface area (Å²) in [4.78, 5) is 14.3. The Morgan fingerprint density at radius 3 is 2.16 bits per heavy atom. The third kappa shape index (κ3) is 4.92. The van der Waals surface area contributed by atoms with Crippen molar-refractivity contribution in [2.24, 2.45) is 0 Å². The van der Waals surface area contributed by atoms with Crippen LogP contribution in [0.4, 0.5) is 0 Å². The minimum absolute atomic E-state index is 0.0896. The molecule has 0 bridgehead atoms. The maximum atomic E-state index is 12.6. The largest absolute Gasteiger partial charge is 0.337 e. The predicted molar refractivity (Wildman–Crippen MR) is 100 cm³/mol. The van der Waals surface area contributed by atoms with Crippen molar-refractivity contribution in [3.8, 4) is 0 Å². The SMILES string of the molecule is CN(Cc1ccc(C(C)(C)C)cc1)C(=O)c1cccc(S(C)(=O)=O)c1. The van der Waals surface area contributed by atoms with Crippen LogP contribution < -0.4 is 0 Å². The summed E-state index contributed by atoms with van der Waals surface area (Å²) in [5.41, 5.74) is 2.73. The summed E-state index contributed by atoms with van der Waals surface area (Å²) >= 11 is 0. The third-order valence-electron chi connectivity index (χ3n) is 4.10. The van der Waals surface area contributed by atoms with Crippen LogP contribution in [-0.2, 0) is 21.8 Å². The fraction of sp³-hybridized carbons (Fsp3) is 0.350. The van der Waals surface area contributed by atoms with E-state index in [1.807, 2.05) is 12.1 Å². The molecule has 5 heteroatoms. The summed E-state index contributed by atoms with van der Waals surface area (Å²) in [7, 11) is -1.62. The minimum Gasteiger partial charge on any atom is -0.337 e. The van der Waals surface area contributed by atoms with Gasteiger partial charge in [-0.25, -0.2) is 8.42 Å². The molecule has 0 spiro atoms. The maximum Gasteiger partial charge on any atom is 0.253 e. The number of hydrogen-bond acceptors (Lipinski definition) is 3. The molecule has 0 saturated carbocycles. The summed E-state index contributed by atoms with van der Waals surface area (Å²) in [5, 5.41) is 0. The Bertz CT molecular complexity index is 863. The quantitative estimate of drug-likeness (QED) is 0.837. The first-order valence-electron chi connectivity index (χ1n) is 8.13. The van der Waals surface area contributed by atoms with Gasteiger partial charge < -0.3 is 4.90 Å². The fourth-order valence-corrected chi connectivity index (χ4v) is 3.20. The lowest BCUT2D eigenvalue weighted by Gasteiger charge is -2.21. The molecule has 0 heterocycles. The summed E-state index contributed by atoms with van der Waals surface area (Å²) in [6.07, 6.45) is 1.14. The zero-order chi connectivity index (χ0) is 18.8. The molecule has 0 aromatic heterocycles. The second-order valence-corrected chi connectivity index (χ2v) is 9.42. The normalized spacial score (nSPS) is 12.0. The molecule has 0 aliphatic heterocycles. The highest BCUT2D eigenvalue weighted by Crippen LogP contribution is 2.22. The van der Waals surface area contributed by atoms with Gasteiger partial charge in [-0.2, -0.15) is 0 Å². The zero-order valence-corrected chi connectivity index (χ0v) is 16.2. The Morgan fingerprint density at radius 1 is 1.04 bits per heavy atom. The zero-order valence-electron chi connectivity index (χ0n) is 15.4. The van der Waals surface area contributed by atoms with E-state index >= 15 is 0 Å². The van der Waals surface area contributed by atoms with Crippen molar-refractivity contribution < 1.29 is 13.2 Å². The number of nitrogens with zero attached hydrogens (tertiary/aromatic N) is 1. The number of benzene rings is 2. The predicted octanol–water partition coefficient (Wildman–Crippen LogP) is 3.66. The van der Waals surface area contributed by atoms with E-state index in [0.717, 1.165) is 11.8 Å². The number of hydrogen-bond donors (Lipinski definition) is 0. The van der Waals surface area contributed by atoms with E-state index in [4.69, 9.17) is 0 Å². The van der Waals surface area contributed by atoms with Crippen LogP contribution in [0.15, 0.2) is 53.4 Å². The molecule has 0 saturated heterocycles. The standard InChI is InChI=1S/C20H25NO3S/c1-20(2,3)17-11-9-15(10-12-17)14-21(4)19(22)16-7-6-8-18(13-16)25(5,23)24/h6-13H,14H2,1-5H3. The summed E-state index contributed by atoms with van der Waals surface area (Å²) in [6.45, 7) is 6.94. The smallest absolute Gasteiger partial charge is 0.253 e. The van der Waals surface area contributed by atoms with Gasteiger partial charge in [0, 0.05) is 25.4 Å². The molecule has 0 N–H and O–H groups in total. The lowest BCUT2D eigenvalue weighted by molar-refractivity contribution is 0.0785. The van der Waals surface area contributed by atoms with E-state index in [1.165, 1.54) is 17.7 Å². The molecular weight excluding hydrogens is 334 g/mol. The lowest BCUT2D eigenvalue weighted by Crippen LogP contribution is -2.26. The molecule has 2 aromatic carbocycles. The summed E-state index contributed by atoms with van der Waals surface area (Å²) in [5.74, 6) is -0.203. The Labute approximate surface area is 150 Å². The fourth-order valence-electron chi connectivity index (χ4n) is 2.54. The van der Waals surface area contributed by atoms with Crippen LogP contribution in [0.5, 0.6) is 0 Å². The van der Waals surface area contributed by atoms with Gasteiger partial charge in [0.15, 0.2) is 9.84 Å². The second-order valence-electron chi connectivity index (χ2n) is 7.41. The van der Waals surface area contributed by atoms with Crippen LogP contribution in [0.3, 0.4) is 0 Å². The summed E-state index contributed by atoms with van der Waals surface area (Å²) in [6, 6.07) is 14.4. The van der Waals surface area contributed by atoms with Crippen LogP contribution >= 0.6 is 0 Å². The monoisotopic (exact) mass is 359 g/mol. The first-order valence-corrected chi connectivity index (χ1v) is 10.0. The molecule has 0 fully saturated rings. The Kier molecular flexibility index (Phi) is 5.37. The van der Waals surface area contributed by atoms with Crippen molar-refractivity contribution in [1.82, 2.24) is 4.90 Å². The maximum absolute atomic E-state index is 12.6. The Balaban J connectivity index is 2.16. The molecule has 2 rings (SSSR count). The lowest BCUT2D eigenvalue weighted by atomic mass is 9.87. The molecule has 2 aromatic rings. The van der Waals surface area contributed by atoms with Crippen molar-refractivity contribution in [3.63, 3.8) is 0 Å². The topological polar surface area (TPSA) is 54.5 Å². The van der Waals surface area contributed by atoms with Crippen molar-refractivity contribution >= 4 is 15.7 Å².